The molecular weight excluding hydrogens is 411 g/mol. The summed E-state index contributed by atoms with van der Waals surface area (Å²) in [5, 5.41) is 8.16. The number of carbonyl (C=O) groups is 1. The Hall–Kier alpha value is -3.14. The van der Waals surface area contributed by atoms with Gasteiger partial charge in [-0.2, -0.15) is 10.1 Å². The molecule has 0 spiro atoms. The Balaban J connectivity index is 1.69. The van der Waals surface area contributed by atoms with E-state index in [0.717, 1.165) is 23.0 Å². The van der Waals surface area contributed by atoms with E-state index >= 15 is 0 Å². The van der Waals surface area contributed by atoms with E-state index in [1.165, 1.54) is 12.1 Å². The molecule has 0 bridgehead atoms. The second-order valence-corrected chi connectivity index (χ2v) is 6.95. The summed E-state index contributed by atoms with van der Waals surface area (Å²) in [6.45, 7) is 0. The van der Waals surface area contributed by atoms with Gasteiger partial charge in [0.05, 0.1) is 5.41 Å². The van der Waals surface area contributed by atoms with Crippen molar-refractivity contribution in [2.45, 2.75) is 24.7 Å². The van der Waals surface area contributed by atoms with Gasteiger partial charge in [0, 0.05) is 17.3 Å². The maximum atomic E-state index is 13.4. The lowest BCUT2D eigenvalue weighted by molar-refractivity contribution is -0.113. The minimum atomic E-state index is -2.86. The molecule has 1 fully saturated rings. The molecule has 4 rings (SSSR count). The number of primary amides is 1. The summed E-state index contributed by atoms with van der Waals surface area (Å²) in [6, 6.07) is 5.15. The van der Waals surface area contributed by atoms with Gasteiger partial charge in [0.1, 0.15) is 11.5 Å². The van der Waals surface area contributed by atoms with Crippen LogP contribution in [0.15, 0.2) is 34.9 Å². The SMILES string of the molecule is NC(=O)C=Cn1nc(-c2nc(C3(c4ccc(F)cc4Cl)CC3)no2)cc1C(F)F. The maximum absolute atomic E-state index is 13.4. The molecule has 0 aliphatic heterocycles. The maximum Gasteiger partial charge on any atom is 0.280 e. The molecule has 0 radical (unpaired) electrons. The molecule has 1 aromatic carbocycles. The fraction of sp³-hybridized carbons (Fsp3) is 0.222. The minimum absolute atomic E-state index is 0.00849. The number of aromatic nitrogens is 4. The molecule has 1 aliphatic carbocycles. The summed E-state index contributed by atoms with van der Waals surface area (Å²) in [5.74, 6) is -1.04. The number of alkyl halides is 2. The summed E-state index contributed by atoms with van der Waals surface area (Å²) in [6.07, 6.45) is 0.414. The van der Waals surface area contributed by atoms with Gasteiger partial charge < -0.3 is 10.3 Å². The third-order valence-corrected chi connectivity index (χ3v) is 4.95. The smallest absolute Gasteiger partial charge is 0.280 e. The van der Waals surface area contributed by atoms with Crippen LogP contribution in [0.4, 0.5) is 13.2 Å². The van der Waals surface area contributed by atoms with Gasteiger partial charge in [-0.15, -0.1) is 0 Å². The molecule has 7 nitrogen and oxygen atoms in total. The molecule has 29 heavy (non-hydrogen) atoms. The van der Waals surface area contributed by atoms with Crippen LogP contribution in [0.1, 0.15) is 36.3 Å². The molecule has 150 valence electrons. The van der Waals surface area contributed by atoms with Crippen molar-refractivity contribution in [2.24, 2.45) is 5.73 Å². The number of benzene rings is 1. The lowest BCUT2D eigenvalue weighted by Crippen LogP contribution is -2.11. The molecule has 0 atom stereocenters. The molecule has 1 saturated carbocycles. The lowest BCUT2D eigenvalue weighted by atomic mass is 9.95. The highest BCUT2D eigenvalue weighted by Gasteiger charge is 2.51. The summed E-state index contributed by atoms with van der Waals surface area (Å²) in [5.41, 5.74) is 4.57. The largest absolute Gasteiger partial charge is 0.366 e. The van der Waals surface area contributed by atoms with E-state index in [-0.39, 0.29) is 16.6 Å². The Kier molecular flexibility index (Phi) is 4.65. The highest BCUT2D eigenvalue weighted by molar-refractivity contribution is 6.31. The monoisotopic (exact) mass is 423 g/mol. The van der Waals surface area contributed by atoms with Crippen LogP contribution in [0.2, 0.25) is 5.02 Å². The number of hydrogen-bond acceptors (Lipinski definition) is 5. The number of carbonyl (C=O) groups excluding carboxylic acids is 1. The van der Waals surface area contributed by atoms with Gasteiger partial charge in [-0.3, -0.25) is 4.79 Å². The number of nitrogens with zero attached hydrogens (tertiary/aromatic N) is 4. The first-order chi connectivity index (χ1) is 13.8. The molecule has 2 heterocycles. The molecule has 1 aliphatic rings. The second-order valence-electron chi connectivity index (χ2n) is 6.55. The van der Waals surface area contributed by atoms with Crippen molar-refractivity contribution in [3.8, 4) is 11.6 Å². The van der Waals surface area contributed by atoms with E-state index in [9.17, 15) is 18.0 Å². The predicted molar refractivity (Wildman–Crippen MR) is 96.4 cm³/mol. The van der Waals surface area contributed by atoms with Crippen LogP contribution in [0.25, 0.3) is 17.8 Å². The predicted octanol–water partition coefficient (Wildman–Crippen LogP) is 3.70. The molecule has 2 N–H and O–H groups in total. The second kappa shape index (κ2) is 7.03. The molecule has 0 unspecified atom stereocenters. The molecule has 0 saturated heterocycles. The summed E-state index contributed by atoms with van der Waals surface area (Å²) in [7, 11) is 0. The average Bonchev–Trinajstić information content (AvgIpc) is 3.12. The lowest BCUT2D eigenvalue weighted by Gasteiger charge is -2.12. The molecule has 3 aromatic rings. The van der Waals surface area contributed by atoms with Gasteiger partial charge in [-0.05, 0) is 36.6 Å². The summed E-state index contributed by atoms with van der Waals surface area (Å²) in [4.78, 5) is 15.2. The van der Waals surface area contributed by atoms with Crippen LogP contribution in [0.5, 0.6) is 0 Å². The quantitative estimate of drug-likeness (QED) is 0.609. The molecular formula is C18H13ClF3N5O2. The van der Waals surface area contributed by atoms with E-state index in [2.05, 4.69) is 15.2 Å². The Bertz CT molecular complexity index is 1120. The Morgan fingerprint density at radius 2 is 2.10 bits per heavy atom. The van der Waals surface area contributed by atoms with E-state index in [1.54, 1.807) is 6.07 Å². The van der Waals surface area contributed by atoms with E-state index in [1.807, 2.05) is 0 Å². The zero-order valence-electron chi connectivity index (χ0n) is 14.7. The fourth-order valence-electron chi connectivity index (χ4n) is 3.08. The number of rotatable bonds is 6. The molecule has 1 amide bonds. The van der Waals surface area contributed by atoms with Gasteiger partial charge in [0.2, 0.25) is 5.91 Å². The third kappa shape index (κ3) is 3.51. The molecule has 11 heteroatoms. The van der Waals surface area contributed by atoms with Crippen molar-refractivity contribution >= 4 is 23.7 Å². The standard InChI is InChI=1S/C18H13ClF3N5O2/c19-11-7-9(20)1-2-10(11)18(4-5-18)17-24-16(29-26-17)12-8-13(15(21)22)27(25-12)6-3-14(23)28/h1-3,6-8,15H,4-5H2,(H2,23,28). The van der Waals surface area contributed by atoms with Crippen LogP contribution in [-0.4, -0.2) is 25.8 Å². The van der Waals surface area contributed by atoms with Crippen LogP contribution in [0, 0.1) is 5.82 Å². The zero-order valence-corrected chi connectivity index (χ0v) is 15.4. The van der Waals surface area contributed by atoms with Crippen molar-refractivity contribution in [3.63, 3.8) is 0 Å². The van der Waals surface area contributed by atoms with Crippen molar-refractivity contribution in [2.75, 3.05) is 0 Å². The van der Waals surface area contributed by atoms with Crippen LogP contribution < -0.4 is 5.73 Å². The average molecular weight is 424 g/mol. The zero-order chi connectivity index (χ0) is 20.8. The topological polar surface area (TPSA) is 99.8 Å². The van der Waals surface area contributed by atoms with Crippen LogP contribution >= 0.6 is 11.6 Å². The van der Waals surface area contributed by atoms with Crippen molar-refractivity contribution in [1.29, 1.82) is 0 Å². The van der Waals surface area contributed by atoms with Gasteiger partial charge >= 0.3 is 0 Å². The van der Waals surface area contributed by atoms with E-state index < -0.39 is 29.3 Å². The van der Waals surface area contributed by atoms with Gasteiger partial charge in [0.15, 0.2) is 11.5 Å². The highest BCUT2D eigenvalue weighted by atomic mass is 35.5. The number of nitrogens with two attached hydrogens (primary N) is 1. The first-order valence-electron chi connectivity index (χ1n) is 8.45. The third-order valence-electron chi connectivity index (χ3n) is 4.64. The van der Waals surface area contributed by atoms with E-state index in [0.29, 0.717) is 24.2 Å². The normalized spacial score (nSPS) is 15.3. The van der Waals surface area contributed by atoms with Crippen LogP contribution in [-0.2, 0) is 10.2 Å². The fourth-order valence-corrected chi connectivity index (χ4v) is 3.43. The van der Waals surface area contributed by atoms with Gasteiger partial charge in [-0.1, -0.05) is 22.8 Å². The van der Waals surface area contributed by atoms with Crippen molar-refractivity contribution in [3.05, 3.63) is 58.3 Å². The number of hydrogen-bond donors (Lipinski definition) is 1. The number of amides is 1. The van der Waals surface area contributed by atoms with E-state index in [4.69, 9.17) is 21.9 Å². The first-order valence-corrected chi connectivity index (χ1v) is 8.83. The Labute approximate surface area is 166 Å². The Morgan fingerprint density at radius 3 is 2.72 bits per heavy atom. The van der Waals surface area contributed by atoms with Gasteiger partial charge in [-0.25, -0.2) is 17.9 Å². The first kappa shape index (κ1) is 19.2. The summed E-state index contributed by atoms with van der Waals surface area (Å²) < 4.78 is 45.9. The number of halogens is 4. The van der Waals surface area contributed by atoms with Crippen molar-refractivity contribution < 1.29 is 22.5 Å². The van der Waals surface area contributed by atoms with Crippen LogP contribution in [0.3, 0.4) is 0 Å². The van der Waals surface area contributed by atoms with Crippen molar-refractivity contribution in [1.82, 2.24) is 19.9 Å². The van der Waals surface area contributed by atoms with Gasteiger partial charge in [0.25, 0.3) is 12.3 Å². The highest BCUT2D eigenvalue weighted by Crippen LogP contribution is 2.54. The molecule has 2 aromatic heterocycles. The Morgan fingerprint density at radius 1 is 1.34 bits per heavy atom. The minimum Gasteiger partial charge on any atom is -0.366 e. The summed E-state index contributed by atoms with van der Waals surface area (Å²) >= 11 is 6.18.